The molecule has 3 heterocycles. The second-order valence-corrected chi connectivity index (χ2v) is 13.3. The monoisotopic (exact) mass is 642 g/mol. The van der Waals surface area contributed by atoms with Gasteiger partial charge >= 0.3 is 0 Å². The van der Waals surface area contributed by atoms with Gasteiger partial charge in [-0.15, -0.1) is 0 Å². The summed E-state index contributed by atoms with van der Waals surface area (Å²) in [5, 5.41) is 17.8. The van der Waals surface area contributed by atoms with Crippen LogP contribution in [0.5, 0.6) is 0 Å². The lowest BCUT2D eigenvalue weighted by Gasteiger charge is -2.32. The molecule has 0 saturated carbocycles. The van der Waals surface area contributed by atoms with Gasteiger partial charge in [0, 0.05) is 40.2 Å². The van der Waals surface area contributed by atoms with Crippen LogP contribution < -0.4 is 0 Å². The molecule has 0 saturated heterocycles. The van der Waals surface area contributed by atoms with Crippen LogP contribution >= 0.6 is 0 Å². The third-order valence-corrected chi connectivity index (χ3v) is 10.7. The third-order valence-electron chi connectivity index (χ3n) is 10.7. The summed E-state index contributed by atoms with van der Waals surface area (Å²) >= 11 is 0. The van der Waals surface area contributed by atoms with Crippen molar-refractivity contribution in [1.82, 2.24) is 24.5 Å². The molecule has 50 heavy (non-hydrogen) atoms. The van der Waals surface area contributed by atoms with Crippen molar-refractivity contribution in [3.8, 4) is 17.3 Å². The number of hydrogen-bond donors (Lipinski definition) is 0. The van der Waals surface area contributed by atoms with E-state index in [1.165, 1.54) is 38.2 Å². The van der Waals surface area contributed by atoms with Crippen molar-refractivity contribution in [3.05, 3.63) is 145 Å². The first-order valence-electron chi connectivity index (χ1n) is 17.0. The van der Waals surface area contributed by atoms with Crippen molar-refractivity contribution in [3.63, 3.8) is 0 Å². The third kappa shape index (κ3) is 4.13. The summed E-state index contributed by atoms with van der Waals surface area (Å²) in [6, 6.07) is 34.8. The highest BCUT2D eigenvalue weighted by Gasteiger charge is 2.32. The Morgan fingerprint density at radius 3 is 2.30 bits per heavy atom. The Balaban J connectivity index is 1.14. The summed E-state index contributed by atoms with van der Waals surface area (Å²) in [6.45, 7) is 4.40. The first-order valence-corrected chi connectivity index (χ1v) is 17.0. The zero-order valence-electron chi connectivity index (χ0n) is 27.5. The summed E-state index contributed by atoms with van der Waals surface area (Å²) < 4.78 is 2.38. The molecule has 2 unspecified atom stereocenters. The first-order chi connectivity index (χ1) is 24.6. The normalized spacial score (nSPS) is 19.3. The van der Waals surface area contributed by atoms with Gasteiger partial charge in [-0.1, -0.05) is 91.9 Å². The van der Waals surface area contributed by atoms with Crippen molar-refractivity contribution >= 4 is 65.7 Å². The lowest BCUT2D eigenvalue weighted by molar-refractivity contribution is 0.561. The van der Waals surface area contributed by atoms with Gasteiger partial charge in [-0.3, -0.25) is 0 Å². The Morgan fingerprint density at radius 1 is 0.780 bits per heavy atom. The van der Waals surface area contributed by atoms with Crippen LogP contribution in [-0.2, 0) is 0 Å². The maximum atomic E-state index is 10.8. The van der Waals surface area contributed by atoms with Crippen molar-refractivity contribution in [1.29, 1.82) is 5.26 Å². The molecule has 3 atom stereocenters. The van der Waals surface area contributed by atoms with Crippen LogP contribution in [0.15, 0.2) is 128 Å². The highest BCUT2D eigenvalue weighted by Crippen LogP contribution is 2.50. The molecule has 2 aliphatic carbocycles. The van der Waals surface area contributed by atoms with E-state index in [0.717, 1.165) is 38.6 Å². The predicted molar refractivity (Wildman–Crippen MR) is 202 cm³/mol. The fourth-order valence-corrected chi connectivity index (χ4v) is 8.16. The average Bonchev–Trinajstić information content (AvgIpc) is 3.47. The number of allylic oxidation sites excluding steroid dienone is 6. The number of fused-ring (bicyclic) bond motifs is 7. The molecule has 0 aliphatic heterocycles. The molecular weight excluding hydrogens is 613 g/mol. The molecule has 0 bridgehead atoms. The van der Waals surface area contributed by atoms with E-state index in [0.29, 0.717) is 22.9 Å². The molecule has 3 aromatic heterocycles. The topological polar surface area (TPSA) is 80.3 Å². The highest BCUT2D eigenvalue weighted by molar-refractivity contribution is 6.14. The van der Waals surface area contributed by atoms with Gasteiger partial charge < -0.3 is 4.57 Å². The fraction of sp³-hybridized carbons (Fsp3) is 0.114. The van der Waals surface area contributed by atoms with E-state index in [1.54, 1.807) is 12.4 Å². The van der Waals surface area contributed by atoms with Crippen LogP contribution in [0, 0.1) is 17.2 Å². The maximum absolute atomic E-state index is 10.8. The Hall–Kier alpha value is -6.45. The molecule has 8 aromatic rings. The number of aromatic nitrogens is 5. The van der Waals surface area contributed by atoms with Gasteiger partial charge in [-0.25, -0.2) is 19.9 Å². The summed E-state index contributed by atoms with van der Waals surface area (Å²) in [4.78, 5) is 19.2. The minimum Gasteiger partial charge on any atom is -0.332 e. The minimum atomic E-state index is -0.458. The molecule has 6 nitrogen and oxygen atoms in total. The highest BCUT2D eigenvalue weighted by atomic mass is 15.0. The number of rotatable bonds is 3. The van der Waals surface area contributed by atoms with Gasteiger partial charge in [0.15, 0.2) is 11.5 Å². The lowest BCUT2D eigenvalue weighted by atomic mass is 9.73. The van der Waals surface area contributed by atoms with Crippen molar-refractivity contribution in [2.75, 3.05) is 0 Å². The molecule has 2 aliphatic rings. The Labute approximate surface area is 288 Å². The Bertz CT molecular complexity index is 2880. The summed E-state index contributed by atoms with van der Waals surface area (Å²) in [5.74, 6) is 0.452. The molecule has 0 radical (unpaired) electrons. The fourth-order valence-electron chi connectivity index (χ4n) is 8.16. The Kier molecular flexibility index (Phi) is 6.16. The van der Waals surface area contributed by atoms with E-state index in [1.807, 2.05) is 18.2 Å². The molecule has 0 spiro atoms. The molecular formula is C44H30N6. The second-order valence-electron chi connectivity index (χ2n) is 13.3. The quantitative estimate of drug-likeness (QED) is 0.192. The minimum absolute atomic E-state index is 0.222. The van der Waals surface area contributed by atoms with Gasteiger partial charge in [0.05, 0.1) is 29.1 Å². The van der Waals surface area contributed by atoms with E-state index in [9.17, 15) is 5.26 Å². The van der Waals surface area contributed by atoms with Crippen molar-refractivity contribution in [2.45, 2.75) is 25.8 Å². The van der Waals surface area contributed by atoms with E-state index in [2.05, 4.69) is 132 Å². The smallest absolute Gasteiger partial charge is 0.182 e. The number of benzene rings is 5. The summed E-state index contributed by atoms with van der Waals surface area (Å²) in [6.07, 6.45) is 11.8. The van der Waals surface area contributed by atoms with E-state index < -0.39 is 5.92 Å². The second kappa shape index (κ2) is 10.8. The molecule has 5 aromatic carbocycles. The van der Waals surface area contributed by atoms with Crippen LogP contribution in [0.2, 0.25) is 0 Å². The molecule has 0 amide bonds. The van der Waals surface area contributed by atoms with Crippen LogP contribution in [0.25, 0.3) is 76.9 Å². The zero-order chi connectivity index (χ0) is 33.5. The number of hydrogen-bond acceptors (Lipinski definition) is 5. The molecule has 6 heteroatoms. The van der Waals surface area contributed by atoms with Crippen LogP contribution in [-0.4, -0.2) is 24.5 Å². The maximum Gasteiger partial charge on any atom is 0.182 e. The van der Waals surface area contributed by atoms with Crippen LogP contribution in [0.1, 0.15) is 42.8 Å². The van der Waals surface area contributed by atoms with E-state index >= 15 is 0 Å². The van der Waals surface area contributed by atoms with Gasteiger partial charge in [-0.05, 0) is 75.5 Å². The van der Waals surface area contributed by atoms with Crippen LogP contribution in [0.3, 0.4) is 0 Å². The summed E-state index contributed by atoms with van der Waals surface area (Å²) in [5.41, 5.74) is 9.98. The lowest BCUT2D eigenvalue weighted by Crippen LogP contribution is -2.19. The van der Waals surface area contributed by atoms with Gasteiger partial charge in [0.1, 0.15) is 11.2 Å². The zero-order valence-corrected chi connectivity index (χ0v) is 27.5. The number of nitrogens with zero attached hydrogens (tertiary/aromatic N) is 6. The standard InChI is InChI=1S/C44H30N6/c1-3-33-25(2)34-23-40-37(22-35(33)34)36-20-28-10-6-7-11-29(28)21-39(36)50(40)38-15-14-31(19-32(38)24-45)43-48-41(42-44(49-43)47-17-16-46-42)30-13-12-26-8-4-5-9-27(26)18-30/h3-23,25,32,38H,1-2H3/b33-3+/t25-,32?,38?/m0/s1. The van der Waals surface area contributed by atoms with Gasteiger partial charge in [0.25, 0.3) is 0 Å². The van der Waals surface area contributed by atoms with E-state index in [-0.39, 0.29) is 6.04 Å². The molecule has 10 rings (SSSR count). The first kappa shape index (κ1) is 28.6. The Morgan fingerprint density at radius 2 is 1.50 bits per heavy atom. The van der Waals surface area contributed by atoms with Crippen molar-refractivity contribution in [2.24, 2.45) is 5.92 Å². The SMILES string of the molecule is C/C=C1/c2cc3c4cc5ccccc5cc4n(C4C=CC(c5nc(-c6ccc7ccccc7c6)c6nccnc6n5)=CC4C#N)c3cc2[C@H]1C. The predicted octanol–water partition coefficient (Wildman–Crippen LogP) is 10.4. The van der Waals surface area contributed by atoms with Crippen LogP contribution in [0.4, 0.5) is 0 Å². The average molecular weight is 643 g/mol. The van der Waals surface area contributed by atoms with Gasteiger partial charge in [-0.2, -0.15) is 5.26 Å². The number of nitriles is 1. The van der Waals surface area contributed by atoms with Gasteiger partial charge in [0.2, 0.25) is 0 Å². The molecule has 0 fully saturated rings. The molecule has 236 valence electrons. The van der Waals surface area contributed by atoms with E-state index in [4.69, 9.17) is 9.97 Å². The van der Waals surface area contributed by atoms with Crippen molar-refractivity contribution < 1.29 is 0 Å². The summed E-state index contributed by atoms with van der Waals surface area (Å²) in [7, 11) is 0. The molecule has 0 N–H and O–H groups in total. The largest absolute Gasteiger partial charge is 0.332 e.